The highest BCUT2D eigenvalue weighted by molar-refractivity contribution is 7.18. The van der Waals surface area contributed by atoms with Gasteiger partial charge in [0.1, 0.15) is 5.75 Å². The number of hydrogen-bond acceptors (Lipinski definition) is 5. The predicted octanol–water partition coefficient (Wildman–Crippen LogP) is 2.77. The van der Waals surface area contributed by atoms with E-state index in [1.165, 1.54) is 13.2 Å². The molecule has 0 saturated heterocycles. The average molecular weight is 371 g/mol. The van der Waals surface area contributed by atoms with E-state index in [2.05, 4.69) is 17.2 Å². The van der Waals surface area contributed by atoms with Crippen LogP contribution in [-0.4, -0.2) is 29.1 Å². The van der Waals surface area contributed by atoms with Crippen LogP contribution in [-0.2, 0) is 13.0 Å². The molecule has 0 unspecified atom stereocenters. The van der Waals surface area contributed by atoms with Crippen LogP contribution in [0.15, 0.2) is 35.1 Å². The van der Waals surface area contributed by atoms with E-state index in [0.717, 1.165) is 27.3 Å². The first-order chi connectivity index (χ1) is 12.5. The molecule has 136 valence electrons. The number of fused-ring (bicyclic) bond motifs is 1. The van der Waals surface area contributed by atoms with Crippen LogP contribution in [0.3, 0.4) is 0 Å². The highest BCUT2D eigenvalue weighted by Gasteiger charge is 2.10. The minimum absolute atomic E-state index is 0.144. The van der Waals surface area contributed by atoms with E-state index in [9.17, 15) is 9.59 Å². The Hall–Kier alpha value is -2.67. The molecule has 26 heavy (non-hydrogen) atoms. The van der Waals surface area contributed by atoms with Crippen molar-refractivity contribution in [2.45, 2.75) is 26.8 Å². The number of aryl methyl sites for hydroxylation is 2. The Morgan fingerprint density at radius 3 is 2.81 bits per heavy atom. The number of ether oxygens (including phenoxy) is 1. The standard InChI is InChI=1S/C19H21N3O3S/c1-4-17-21-15-6-5-13(10-16(15)26-17)19(24)20-7-8-22-12(2)9-14(25-3)11-18(22)23/h5-6,9-11H,4,7-8H2,1-3H3,(H,20,24). The number of thiazole rings is 1. The molecule has 0 bridgehead atoms. The van der Waals surface area contributed by atoms with Crippen LogP contribution < -0.4 is 15.6 Å². The molecule has 1 aromatic carbocycles. The van der Waals surface area contributed by atoms with Gasteiger partial charge in [-0.3, -0.25) is 9.59 Å². The molecule has 0 aliphatic carbocycles. The molecule has 0 aliphatic heterocycles. The maximum atomic E-state index is 12.4. The maximum Gasteiger partial charge on any atom is 0.254 e. The molecule has 2 aromatic heterocycles. The number of nitrogens with one attached hydrogen (secondary N) is 1. The quantitative estimate of drug-likeness (QED) is 0.723. The van der Waals surface area contributed by atoms with Crippen molar-refractivity contribution in [3.8, 4) is 5.75 Å². The summed E-state index contributed by atoms with van der Waals surface area (Å²) in [5, 5.41) is 3.93. The van der Waals surface area contributed by atoms with Gasteiger partial charge in [0.2, 0.25) is 0 Å². The van der Waals surface area contributed by atoms with E-state index in [-0.39, 0.29) is 11.5 Å². The van der Waals surface area contributed by atoms with Crippen LogP contribution in [0.2, 0.25) is 0 Å². The minimum atomic E-state index is -0.155. The normalized spacial score (nSPS) is 10.9. The van der Waals surface area contributed by atoms with E-state index < -0.39 is 0 Å². The van der Waals surface area contributed by atoms with Gasteiger partial charge in [-0.1, -0.05) is 6.92 Å². The summed E-state index contributed by atoms with van der Waals surface area (Å²) >= 11 is 1.61. The number of carbonyl (C=O) groups is 1. The van der Waals surface area contributed by atoms with E-state index in [0.29, 0.717) is 24.4 Å². The molecule has 0 fully saturated rings. The van der Waals surface area contributed by atoms with Crippen LogP contribution >= 0.6 is 11.3 Å². The molecule has 1 amide bonds. The summed E-state index contributed by atoms with van der Waals surface area (Å²) in [6, 6.07) is 8.76. The Morgan fingerprint density at radius 1 is 1.31 bits per heavy atom. The van der Waals surface area contributed by atoms with Gasteiger partial charge in [-0.15, -0.1) is 11.3 Å². The van der Waals surface area contributed by atoms with Gasteiger partial charge in [0.15, 0.2) is 0 Å². The first-order valence-electron chi connectivity index (χ1n) is 8.45. The number of nitrogens with zero attached hydrogens (tertiary/aromatic N) is 2. The van der Waals surface area contributed by atoms with Gasteiger partial charge in [-0.25, -0.2) is 4.98 Å². The number of pyridine rings is 1. The Morgan fingerprint density at radius 2 is 2.12 bits per heavy atom. The SMILES string of the molecule is CCc1nc2ccc(C(=O)NCCn3c(C)cc(OC)cc3=O)cc2s1. The molecule has 0 atom stereocenters. The summed E-state index contributed by atoms with van der Waals surface area (Å²) in [6.07, 6.45) is 0.886. The number of amides is 1. The lowest BCUT2D eigenvalue weighted by Gasteiger charge is -2.12. The fraction of sp³-hybridized carbons (Fsp3) is 0.316. The number of carbonyl (C=O) groups excluding carboxylic acids is 1. The van der Waals surface area contributed by atoms with Gasteiger partial charge in [-0.2, -0.15) is 0 Å². The third-order valence-electron chi connectivity index (χ3n) is 4.16. The first-order valence-corrected chi connectivity index (χ1v) is 9.26. The second-order valence-corrected chi connectivity index (χ2v) is 7.04. The molecular formula is C19H21N3O3S. The zero-order valence-electron chi connectivity index (χ0n) is 15.0. The summed E-state index contributed by atoms with van der Waals surface area (Å²) in [6.45, 7) is 4.68. The number of hydrogen-bond donors (Lipinski definition) is 1. The Labute approximate surface area is 155 Å². The van der Waals surface area contributed by atoms with Gasteiger partial charge >= 0.3 is 0 Å². The Bertz CT molecular complexity index is 1010. The highest BCUT2D eigenvalue weighted by atomic mass is 32.1. The number of benzene rings is 1. The lowest BCUT2D eigenvalue weighted by atomic mass is 10.2. The summed E-state index contributed by atoms with van der Waals surface area (Å²) in [5.74, 6) is 0.384. The van der Waals surface area contributed by atoms with Crippen LogP contribution in [0.25, 0.3) is 10.2 Å². The summed E-state index contributed by atoms with van der Waals surface area (Å²) in [5.41, 5.74) is 2.17. The third-order valence-corrected chi connectivity index (χ3v) is 5.33. The van der Waals surface area contributed by atoms with Gasteiger partial charge in [0, 0.05) is 30.4 Å². The van der Waals surface area contributed by atoms with E-state index in [1.807, 2.05) is 19.1 Å². The second kappa shape index (κ2) is 7.70. The molecule has 1 N–H and O–H groups in total. The van der Waals surface area contributed by atoms with Crippen molar-refractivity contribution >= 4 is 27.5 Å². The molecule has 3 aromatic rings. The summed E-state index contributed by atoms with van der Waals surface area (Å²) < 4.78 is 7.71. The van der Waals surface area contributed by atoms with E-state index in [4.69, 9.17) is 4.74 Å². The first kappa shape index (κ1) is 18.1. The third kappa shape index (κ3) is 3.77. The number of methoxy groups -OCH3 is 1. The van der Waals surface area contributed by atoms with Crippen molar-refractivity contribution in [1.29, 1.82) is 0 Å². The molecule has 2 heterocycles. The molecule has 0 spiro atoms. The fourth-order valence-electron chi connectivity index (χ4n) is 2.75. The smallest absolute Gasteiger partial charge is 0.254 e. The van der Waals surface area contributed by atoms with Crippen LogP contribution in [0.5, 0.6) is 5.75 Å². The lowest BCUT2D eigenvalue weighted by molar-refractivity contribution is 0.0952. The van der Waals surface area contributed by atoms with Crippen molar-refractivity contribution < 1.29 is 9.53 Å². The Kier molecular flexibility index (Phi) is 5.37. The maximum absolute atomic E-state index is 12.4. The molecule has 0 aliphatic rings. The lowest BCUT2D eigenvalue weighted by Crippen LogP contribution is -2.31. The highest BCUT2D eigenvalue weighted by Crippen LogP contribution is 2.23. The fourth-order valence-corrected chi connectivity index (χ4v) is 3.70. The van der Waals surface area contributed by atoms with Gasteiger partial charge in [-0.05, 0) is 37.6 Å². The number of aromatic nitrogens is 2. The zero-order chi connectivity index (χ0) is 18.7. The van der Waals surface area contributed by atoms with Crippen LogP contribution in [0.1, 0.15) is 28.0 Å². The minimum Gasteiger partial charge on any atom is -0.496 e. The molecule has 0 saturated carbocycles. The van der Waals surface area contributed by atoms with Crippen molar-refractivity contribution in [2.75, 3.05) is 13.7 Å². The molecule has 3 rings (SSSR count). The van der Waals surface area contributed by atoms with Crippen molar-refractivity contribution in [2.24, 2.45) is 0 Å². The van der Waals surface area contributed by atoms with E-state index in [1.54, 1.807) is 28.0 Å². The van der Waals surface area contributed by atoms with Crippen molar-refractivity contribution in [3.05, 3.63) is 57.0 Å². The van der Waals surface area contributed by atoms with Gasteiger partial charge in [0.25, 0.3) is 11.5 Å². The molecular weight excluding hydrogens is 350 g/mol. The summed E-state index contributed by atoms with van der Waals surface area (Å²) in [7, 11) is 1.53. The molecule has 0 radical (unpaired) electrons. The van der Waals surface area contributed by atoms with E-state index >= 15 is 0 Å². The van der Waals surface area contributed by atoms with Gasteiger partial charge in [0.05, 0.1) is 22.3 Å². The van der Waals surface area contributed by atoms with Crippen LogP contribution in [0.4, 0.5) is 0 Å². The van der Waals surface area contributed by atoms with Crippen LogP contribution in [0, 0.1) is 6.92 Å². The predicted molar refractivity (Wildman–Crippen MR) is 103 cm³/mol. The molecule has 7 heteroatoms. The Balaban J connectivity index is 1.67. The monoisotopic (exact) mass is 371 g/mol. The topological polar surface area (TPSA) is 73.2 Å². The average Bonchev–Trinajstić information content (AvgIpc) is 3.05. The number of rotatable bonds is 6. The zero-order valence-corrected chi connectivity index (χ0v) is 15.9. The second-order valence-electron chi connectivity index (χ2n) is 5.93. The van der Waals surface area contributed by atoms with Crippen molar-refractivity contribution in [1.82, 2.24) is 14.9 Å². The summed E-state index contributed by atoms with van der Waals surface area (Å²) in [4.78, 5) is 29.0. The largest absolute Gasteiger partial charge is 0.496 e. The van der Waals surface area contributed by atoms with Gasteiger partial charge < -0.3 is 14.6 Å². The molecule has 6 nitrogen and oxygen atoms in total. The van der Waals surface area contributed by atoms with Crippen molar-refractivity contribution in [3.63, 3.8) is 0 Å².